The van der Waals surface area contributed by atoms with Crippen LogP contribution in [0.3, 0.4) is 0 Å². The second kappa shape index (κ2) is 6.85. The maximum Gasteiger partial charge on any atom is 0.243 e. The first-order chi connectivity index (χ1) is 9.72. The number of hydrogen-bond acceptors (Lipinski definition) is 4. The minimum Gasteiger partial charge on any atom is -0.383 e. The molecule has 20 heavy (non-hydrogen) atoms. The van der Waals surface area contributed by atoms with Crippen molar-refractivity contribution in [3.05, 3.63) is 36.7 Å². The van der Waals surface area contributed by atoms with Crippen LogP contribution in [0.5, 0.6) is 0 Å². The highest BCUT2D eigenvalue weighted by molar-refractivity contribution is 5.79. The Kier molecular flexibility index (Phi) is 4.89. The Morgan fingerprint density at radius 3 is 2.90 bits per heavy atom. The predicted molar refractivity (Wildman–Crippen MR) is 72.9 cm³/mol. The summed E-state index contributed by atoms with van der Waals surface area (Å²) in [5.41, 5.74) is 0. The molecule has 2 aromatic rings. The van der Waals surface area contributed by atoms with E-state index in [9.17, 15) is 4.79 Å². The SMILES string of the molecule is COCCn1cnnc1CNC(=O)[C@@H](C)n1cccc1. The van der Waals surface area contributed by atoms with E-state index < -0.39 is 0 Å². The van der Waals surface area contributed by atoms with Crippen molar-refractivity contribution in [1.29, 1.82) is 0 Å². The van der Waals surface area contributed by atoms with Crippen LogP contribution in [0.1, 0.15) is 18.8 Å². The van der Waals surface area contributed by atoms with Gasteiger partial charge < -0.3 is 19.2 Å². The third-order valence-electron chi connectivity index (χ3n) is 3.11. The zero-order valence-corrected chi connectivity index (χ0v) is 11.7. The van der Waals surface area contributed by atoms with E-state index >= 15 is 0 Å². The van der Waals surface area contributed by atoms with Gasteiger partial charge in [0.1, 0.15) is 12.4 Å². The molecule has 2 rings (SSSR count). The Morgan fingerprint density at radius 1 is 1.45 bits per heavy atom. The standard InChI is InChI=1S/C13H19N5O2/c1-11(17-5-3-4-6-17)13(19)14-9-12-16-15-10-18(12)7-8-20-2/h3-6,10-11H,7-9H2,1-2H3,(H,14,19)/t11-/m1/s1. The summed E-state index contributed by atoms with van der Waals surface area (Å²) in [7, 11) is 1.64. The third kappa shape index (κ3) is 3.45. The zero-order chi connectivity index (χ0) is 14.4. The van der Waals surface area contributed by atoms with E-state index in [0.29, 0.717) is 19.7 Å². The van der Waals surface area contributed by atoms with Crippen molar-refractivity contribution in [3.8, 4) is 0 Å². The van der Waals surface area contributed by atoms with Gasteiger partial charge in [0.25, 0.3) is 0 Å². The summed E-state index contributed by atoms with van der Waals surface area (Å²) in [6, 6.07) is 3.54. The van der Waals surface area contributed by atoms with Crippen molar-refractivity contribution in [2.75, 3.05) is 13.7 Å². The van der Waals surface area contributed by atoms with Gasteiger partial charge in [-0.15, -0.1) is 10.2 Å². The van der Waals surface area contributed by atoms with E-state index in [1.54, 1.807) is 13.4 Å². The Hall–Kier alpha value is -2.15. The molecule has 2 heterocycles. The molecule has 7 heteroatoms. The minimum absolute atomic E-state index is 0.0532. The van der Waals surface area contributed by atoms with Gasteiger partial charge in [-0.25, -0.2) is 0 Å². The number of aromatic nitrogens is 4. The largest absolute Gasteiger partial charge is 0.383 e. The topological polar surface area (TPSA) is 74.0 Å². The average molecular weight is 277 g/mol. The lowest BCUT2D eigenvalue weighted by molar-refractivity contribution is -0.124. The minimum atomic E-state index is -0.250. The highest BCUT2D eigenvalue weighted by Crippen LogP contribution is 2.06. The summed E-state index contributed by atoms with van der Waals surface area (Å²) in [6.07, 6.45) is 5.37. The van der Waals surface area contributed by atoms with E-state index in [1.165, 1.54) is 0 Å². The quantitative estimate of drug-likeness (QED) is 0.804. The lowest BCUT2D eigenvalue weighted by atomic mass is 10.3. The summed E-state index contributed by atoms with van der Waals surface area (Å²) < 4.78 is 8.73. The molecule has 108 valence electrons. The Balaban J connectivity index is 1.88. The van der Waals surface area contributed by atoms with Gasteiger partial charge in [0.15, 0.2) is 5.82 Å². The van der Waals surface area contributed by atoms with Gasteiger partial charge in [0, 0.05) is 26.0 Å². The fraction of sp³-hybridized carbons (Fsp3) is 0.462. The number of hydrogen-bond donors (Lipinski definition) is 1. The summed E-state index contributed by atoms with van der Waals surface area (Å²) in [4.78, 5) is 12.0. The first kappa shape index (κ1) is 14.3. The molecule has 0 unspecified atom stereocenters. The molecular weight excluding hydrogens is 258 g/mol. The van der Waals surface area contributed by atoms with E-state index in [1.807, 2.05) is 40.6 Å². The van der Waals surface area contributed by atoms with Gasteiger partial charge >= 0.3 is 0 Å². The third-order valence-corrected chi connectivity index (χ3v) is 3.11. The van der Waals surface area contributed by atoms with Crippen LogP contribution in [0.4, 0.5) is 0 Å². The fourth-order valence-electron chi connectivity index (χ4n) is 1.85. The molecule has 0 bridgehead atoms. The summed E-state index contributed by atoms with van der Waals surface area (Å²) in [5.74, 6) is 0.664. The number of ether oxygens (including phenoxy) is 1. The Morgan fingerprint density at radius 2 is 2.20 bits per heavy atom. The number of carbonyl (C=O) groups excluding carboxylic acids is 1. The molecule has 0 aliphatic heterocycles. The molecule has 2 aromatic heterocycles. The molecule has 0 aliphatic rings. The molecule has 0 saturated carbocycles. The van der Waals surface area contributed by atoms with Gasteiger partial charge in [-0.1, -0.05) is 0 Å². The van der Waals surface area contributed by atoms with E-state index in [4.69, 9.17) is 4.74 Å². The van der Waals surface area contributed by atoms with Crippen LogP contribution >= 0.6 is 0 Å². The lowest BCUT2D eigenvalue weighted by Gasteiger charge is -2.14. The van der Waals surface area contributed by atoms with Crippen LogP contribution in [-0.4, -0.2) is 39.0 Å². The number of rotatable bonds is 7. The van der Waals surface area contributed by atoms with Crippen LogP contribution in [-0.2, 0) is 22.6 Å². The highest BCUT2D eigenvalue weighted by atomic mass is 16.5. The van der Waals surface area contributed by atoms with Crippen LogP contribution in [0, 0.1) is 0 Å². The summed E-state index contributed by atoms with van der Waals surface area (Å²) in [5, 5.41) is 10.7. The maximum absolute atomic E-state index is 12.0. The second-order valence-electron chi connectivity index (χ2n) is 4.46. The first-order valence-electron chi connectivity index (χ1n) is 6.48. The molecule has 0 fully saturated rings. The summed E-state index contributed by atoms with van der Waals surface area (Å²) >= 11 is 0. The number of methoxy groups -OCH3 is 1. The average Bonchev–Trinajstić information content (AvgIpc) is 3.12. The van der Waals surface area contributed by atoms with Gasteiger partial charge in [0.2, 0.25) is 5.91 Å². The van der Waals surface area contributed by atoms with Gasteiger partial charge in [-0.3, -0.25) is 4.79 Å². The number of carbonyl (C=O) groups is 1. The lowest BCUT2D eigenvalue weighted by Crippen LogP contribution is -2.31. The molecule has 0 aromatic carbocycles. The molecular formula is C13H19N5O2. The monoisotopic (exact) mass is 277 g/mol. The number of nitrogens with zero attached hydrogens (tertiary/aromatic N) is 4. The van der Waals surface area contributed by atoms with Crippen molar-refractivity contribution >= 4 is 5.91 Å². The maximum atomic E-state index is 12.0. The second-order valence-corrected chi connectivity index (χ2v) is 4.46. The fourth-order valence-corrected chi connectivity index (χ4v) is 1.85. The van der Waals surface area contributed by atoms with Crippen molar-refractivity contribution in [3.63, 3.8) is 0 Å². The normalized spacial score (nSPS) is 12.3. The first-order valence-corrected chi connectivity index (χ1v) is 6.48. The Bertz CT molecular complexity index is 535. The molecule has 1 N–H and O–H groups in total. The summed E-state index contributed by atoms with van der Waals surface area (Å²) in [6.45, 7) is 3.46. The smallest absolute Gasteiger partial charge is 0.243 e. The van der Waals surface area contributed by atoms with Gasteiger partial charge in [-0.2, -0.15) is 0 Å². The van der Waals surface area contributed by atoms with Crippen molar-refractivity contribution < 1.29 is 9.53 Å². The molecule has 0 radical (unpaired) electrons. The van der Waals surface area contributed by atoms with Gasteiger partial charge in [-0.05, 0) is 19.1 Å². The molecule has 1 atom stereocenters. The van der Waals surface area contributed by atoms with E-state index in [2.05, 4.69) is 15.5 Å². The van der Waals surface area contributed by atoms with Gasteiger partial charge in [0.05, 0.1) is 13.2 Å². The zero-order valence-electron chi connectivity index (χ0n) is 11.7. The van der Waals surface area contributed by atoms with Crippen LogP contribution < -0.4 is 5.32 Å². The van der Waals surface area contributed by atoms with Crippen molar-refractivity contribution in [2.24, 2.45) is 0 Å². The predicted octanol–water partition coefficient (Wildman–Crippen LogP) is 0.603. The highest BCUT2D eigenvalue weighted by Gasteiger charge is 2.14. The molecule has 7 nitrogen and oxygen atoms in total. The van der Waals surface area contributed by atoms with Crippen LogP contribution in [0.15, 0.2) is 30.9 Å². The van der Waals surface area contributed by atoms with Crippen molar-refractivity contribution in [2.45, 2.75) is 26.1 Å². The van der Waals surface area contributed by atoms with Crippen molar-refractivity contribution in [1.82, 2.24) is 24.6 Å². The molecule has 0 spiro atoms. The molecule has 1 amide bonds. The Labute approximate surface area is 117 Å². The van der Waals surface area contributed by atoms with Crippen LogP contribution in [0.25, 0.3) is 0 Å². The van der Waals surface area contributed by atoms with Crippen LogP contribution in [0.2, 0.25) is 0 Å². The van der Waals surface area contributed by atoms with E-state index in [-0.39, 0.29) is 11.9 Å². The number of nitrogens with one attached hydrogen (secondary N) is 1. The van der Waals surface area contributed by atoms with E-state index in [0.717, 1.165) is 5.82 Å². The molecule has 0 aliphatic carbocycles. The number of amides is 1. The molecule has 0 saturated heterocycles.